The first-order valence-electron chi connectivity index (χ1n) is 8.35. The molecule has 3 aromatic rings. The molecule has 0 atom stereocenters. The molecular formula is C19H16F5N3O. The van der Waals surface area contributed by atoms with E-state index in [1.807, 2.05) is 6.92 Å². The Kier molecular flexibility index (Phi) is 5.10. The maximum Gasteiger partial charge on any atom is 0.435 e. The Labute approximate surface area is 157 Å². The van der Waals surface area contributed by atoms with Gasteiger partial charge in [-0.2, -0.15) is 18.3 Å². The number of hydrogen-bond donors (Lipinski definition) is 0. The first kappa shape index (κ1) is 19.8. The fourth-order valence-corrected chi connectivity index (χ4v) is 2.57. The number of aryl methyl sites for hydroxylation is 2. The van der Waals surface area contributed by atoms with Gasteiger partial charge < -0.3 is 4.74 Å². The van der Waals surface area contributed by atoms with Crippen LogP contribution in [0.5, 0.6) is 11.8 Å². The Balaban J connectivity index is 2.04. The van der Waals surface area contributed by atoms with Crippen LogP contribution >= 0.6 is 0 Å². The molecule has 0 radical (unpaired) electrons. The van der Waals surface area contributed by atoms with Gasteiger partial charge in [0, 0.05) is 24.2 Å². The van der Waals surface area contributed by atoms with Crippen LogP contribution in [0.1, 0.15) is 23.7 Å². The number of pyridine rings is 1. The molecule has 0 spiro atoms. The summed E-state index contributed by atoms with van der Waals surface area (Å²) in [6.07, 6.45) is -3.90. The molecule has 0 saturated carbocycles. The number of alkyl halides is 3. The molecule has 1 aromatic carbocycles. The zero-order valence-corrected chi connectivity index (χ0v) is 15.2. The maximum atomic E-state index is 14.6. The third-order valence-electron chi connectivity index (χ3n) is 4.23. The minimum Gasteiger partial charge on any atom is -0.418 e. The number of benzene rings is 1. The second kappa shape index (κ2) is 7.21. The third-order valence-corrected chi connectivity index (χ3v) is 4.23. The smallest absolute Gasteiger partial charge is 0.418 e. The summed E-state index contributed by atoms with van der Waals surface area (Å²) in [7, 11) is 1.21. The van der Waals surface area contributed by atoms with Crippen molar-refractivity contribution in [3.63, 3.8) is 0 Å². The molecule has 0 aliphatic heterocycles. The quantitative estimate of drug-likeness (QED) is 0.550. The van der Waals surface area contributed by atoms with Gasteiger partial charge in [0.2, 0.25) is 5.88 Å². The summed E-state index contributed by atoms with van der Waals surface area (Å²) < 4.78 is 73.4. The van der Waals surface area contributed by atoms with Gasteiger partial charge in [0.05, 0.1) is 0 Å². The van der Waals surface area contributed by atoms with Crippen molar-refractivity contribution in [3.05, 3.63) is 58.8 Å². The molecular weight excluding hydrogens is 381 g/mol. The van der Waals surface area contributed by atoms with Gasteiger partial charge >= 0.3 is 6.18 Å². The summed E-state index contributed by atoms with van der Waals surface area (Å²) in [5.41, 5.74) is -0.287. The van der Waals surface area contributed by atoms with E-state index in [4.69, 9.17) is 4.74 Å². The van der Waals surface area contributed by atoms with Gasteiger partial charge in [-0.25, -0.2) is 18.4 Å². The Morgan fingerprint density at radius 1 is 1.07 bits per heavy atom. The van der Waals surface area contributed by atoms with Crippen LogP contribution in [0.3, 0.4) is 0 Å². The lowest BCUT2D eigenvalue weighted by molar-refractivity contribution is -0.141. The van der Waals surface area contributed by atoms with Crippen molar-refractivity contribution >= 4 is 0 Å². The number of rotatable bonds is 4. The summed E-state index contributed by atoms with van der Waals surface area (Å²) in [5.74, 6) is -2.97. The molecule has 2 aromatic heterocycles. The number of aromatic nitrogens is 3. The summed E-state index contributed by atoms with van der Waals surface area (Å²) >= 11 is 0. The van der Waals surface area contributed by atoms with E-state index in [1.165, 1.54) is 14.0 Å². The second-order valence-corrected chi connectivity index (χ2v) is 6.16. The van der Waals surface area contributed by atoms with Crippen LogP contribution in [-0.2, 0) is 19.6 Å². The molecule has 0 aliphatic carbocycles. The van der Waals surface area contributed by atoms with Crippen LogP contribution in [0, 0.1) is 18.6 Å². The molecule has 0 bridgehead atoms. The van der Waals surface area contributed by atoms with Crippen LogP contribution in [-0.4, -0.2) is 14.8 Å². The first-order valence-corrected chi connectivity index (χ1v) is 8.35. The van der Waals surface area contributed by atoms with E-state index in [0.29, 0.717) is 11.6 Å². The third kappa shape index (κ3) is 3.69. The Morgan fingerprint density at radius 3 is 2.25 bits per heavy atom. The number of hydrogen-bond acceptors (Lipinski definition) is 3. The van der Waals surface area contributed by atoms with Gasteiger partial charge in [-0.1, -0.05) is 31.2 Å². The SMILES string of the molecule is CCc1ccc(-c2nc(Oc3cc(C(F)(F)F)nn3C)c(F)c(C)c2F)cc1. The molecule has 148 valence electrons. The van der Waals surface area contributed by atoms with Gasteiger partial charge in [0.25, 0.3) is 5.88 Å². The van der Waals surface area contributed by atoms with Crippen LogP contribution < -0.4 is 4.74 Å². The van der Waals surface area contributed by atoms with Crippen molar-refractivity contribution in [1.29, 1.82) is 0 Å². The van der Waals surface area contributed by atoms with Gasteiger partial charge in [-0.05, 0) is 18.9 Å². The topological polar surface area (TPSA) is 39.9 Å². The molecule has 0 aliphatic rings. The van der Waals surface area contributed by atoms with E-state index in [-0.39, 0.29) is 17.1 Å². The minimum absolute atomic E-state index is 0.158. The highest BCUT2D eigenvalue weighted by atomic mass is 19.4. The van der Waals surface area contributed by atoms with Crippen LogP contribution in [0.4, 0.5) is 22.0 Å². The summed E-state index contributed by atoms with van der Waals surface area (Å²) in [6.45, 7) is 3.17. The average molecular weight is 397 g/mol. The largest absolute Gasteiger partial charge is 0.435 e. The van der Waals surface area contributed by atoms with Gasteiger partial charge in [0.15, 0.2) is 17.3 Å². The van der Waals surface area contributed by atoms with Gasteiger partial charge in [0.1, 0.15) is 5.69 Å². The Bertz CT molecular complexity index is 1010. The highest BCUT2D eigenvalue weighted by Crippen LogP contribution is 2.34. The van der Waals surface area contributed by atoms with Crippen molar-refractivity contribution in [2.24, 2.45) is 7.05 Å². The second-order valence-electron chi connectivity index (χ2n) is 6.16. The lowest BCUT2D eigenvalue weighted by atomic mass is 10.1. The lowest BCUT2D eigenvalue weighted by Crippen LogP contribution is -2.06. The minimum atomic E-state index is -4.68. The molecule has 0 N–H and O–H groups in total. The van der Waals surface area contributed by atoms with Crippen LogP contribution in [0.25, 0.3) is 11.3 Å². The van der Waals surface area contributed by atoms with Crippen LogP contribution in [0.15, 0.2) is 30.3 Å². The molecule has 2 heterocycles. The summed E-state index contributed by atoms with van der Waals surface area (Å²) in [5, 5.41) is 3.29. The molecule has 0 amide bonds. The Morgan fingerprint density at radius 2 is 1.71 bits per heavy atom. The number of ether oxygens (including phenoxy) is 1. The van der Waals surface area contributed by atoms with E-state index in [2.05, 4.69) is 10.1 Å². The first-order chi connectivity index (χ1) is 13.1. The summed E-state index contributed by atoms with van der Waals surface area (Å²) in [6, 6.07) is 7.46. The van der Waals surface area contributed by atoms with Crippen molar-refractivity contribution in [2.45, 2.75) is 26.4 Å². The molecule has 0 unspecified atom stereocenters. The highest BCUT2D eigenvalue weighted by molar-refractivity contribution is 5.62. The number of halogens is 5. The van der Waals surface area contributed by atoms with Crippen molar-refractivity contribution < 1.29 is 26.7 Å². The van der Waals surface area contributed by atoms with E-state index in [1.54, 1.807) is 24.3 Å². The normalized spacial score (nSPS) is 11.7. The molecule has 0 fully saturated rings. The number of nitrogens with zero attached hydrogens (tertiary/aromatic N) is 3. The molecule has 4 nitrogen and oxygen atoms in total. The summed E-state index contributed by atoms with van der Waals surface area (Å²) in [4.78, 5) is 3.87. The van der Waals surface area contributed by atoms with E-state index < -0.39 is 29.4 Å². The van der Waals surface area contributed by atoms with Gasteiger partial charge in [-0.15, -0.1) is 0 Å². The molecule has 28 heavy (non-hydrogen) atoms. The van der Waals surface area contributed by atoms with E-state index in [0.717, 1.165) is 16.7 Å². The molecule has 3 rings (SSSR count). The fourth-order valence-electron chi connectivity index (χ4n) is 2.57. The van der Waals surface area contributed by atoms with Crippen LogP contribution in [0.2, 0.25) is 0 Å². The zero-order chi connectivity index (χ0) is 20.6. The molecule has 0 saturated heterocycles. The lowest BCUT2D eigenvalue weighted by Gasteiger charge is -2.12. The van der Waals surface area contributed by atoms with Crippen molar-refractivity contribution in [3.8, 4) is 23.0 Å². The zero-order valence-electron chi connectivity index (χ0n) is 15.2. The van der Waals surface area contributed by atoms with Gasteiger partial charge in [-0.3, -0.25) is 0 Å². The van der Waals surface area contributed by atoms with Crippen molar-refractivity contribution in [2.75, 3.05) is 0 Å². The molecule has 9 heteroatoms. The van der Waals surface area contributed by atoms with E-state index >= 15 is 0 Å². The fraction of sp³-hybridized carbons (Fsp3) is 0.263. The average Bonchev–Trinajstić information content (AvgIpc) is 3.03. The van der Waals surface area contributed by atoms with Crippen molar-refractivity contribution in [1.82, 2.24) is 14.8 Å². The van der Waals surface area contributed by atoms with E-state index in [9.17, 15) is 22.0 Å². The predicted molar refractivity (Wildman–Crippen MR) is 92.0 cm³/mol. The highest BCUT2D eigenvalue weighted by Gasteiger charge is 2.35. The predicted octanol–water partition coefficient (Wildman–Crippen LogP) is 5.44. The standard InChI is InChI=1S/C19H16F5N3O/c1-4-11-5-7-12(8-6-11)17-15(20)10(2)16(21)18(25-17)28-14-9-13(19(22,23)24)26-27(14)3/h5-9H,4H2,1-3H3. The Hall–Kier alpha value is -2.97. The maximum absolute atomic E-state index is 14.6. The monoisotopic (exact) mass is 397 g/mol.